The van der Waals surface area contributed by atoms with Gasteiger partial charge in [-0.15, -0.1) is 0 Å². The Hall–Kier alpha value is -3.88. The molecular formula is C20H21N3O6. The van der Waals surface area contributed by atoms with E-state index in [1.165, 1.54) is 13.1 Å². The molecule has 29 heavy (non-hydrogen) atoms. The van der Waals surface area contributed by atoms with Gasteiger partial charge in [-0.25, -0.2) is 4.79 Å². The SMILES string of the molecule is COc1ccc(/C=N\OCC(=O)O[C@H](C)C(=O)NNC(=O)c2ccccc2)cc1. The van der Waals surface area contributed by atoms with E-state index < -0.39 is 30.5 Å². The molecule has 0 aromatic heterocycles. The van der Waals surface area contributed by atoms with Gasteiger partial charge in [-0.3, -0.25) is 20.4 Å². The molecule has 1 atom stereocenters. The first-order valence-electron chi connectivity index (χ1n) is 8.63. The van der Waals surface area contributed by atoms with Crippen LogP contribution in [-0.4, -0.2) is 43.8 Å². The second-order valence-corrected chi connectivity index (χ2v) is 5.72. The highest BCUT2D eigenvalue weighted by molar-refractivity contribution is 5.95. The quantitative estimate of drug-likeness (QED) is 0.394. The number of oxime groups is 1. The number of hydrazine groups is 1. The molecule has 2 rings (SSSR count). The monoisotopic (exact) mass is 399 g/mol. The summed E-state index contributed by atoms with van der Waals surface area (Å²) in [6.45, 7) is 0.892. The fourth-order valence-corrected chi connectivity index (χ4v) is 2.04. The van der Waals surface area contributed by atoms with Gasteiger partial charge in [0.1, 0.15) is 5.75 Å². The van der Waals surface area contributed by atoms with Gasteiger partial charge in [0.05, 0.1) is 13.3 Å². The molecule has 0 aliphatic heterocycles. The van der Waals surface area contributed by atoms with E-state index >= 15 is 0 Å². The topological polar surface area (TPSA) is 115 Å². The van der Waals surface area contributed by atoms with Crippen LogP contribution in [0.25, 0.3) is 0 Å². The molecular weight excluding hydrogens is 378 g/mol. The number of rotatable bonds is 8. The van der Waals surface area contributed by atoms with Crippen LogP contribution in [0.4, 0.5) is 0 Å². The molecule has 0 heterocycles. The summed E-state index contributed by atoms with van der Waals surface area (Å²) in [5, 5.41) is 3.66. The van der Waals surface area contributed by atoms with Crippen LogP contribution in [0.15, 0.2) is 59.8 Å². The van der Waals surface area contributed by atoms with Crippen LogP contribution >= 0.6 is 0 Å². The molecule has 9 heteroatoms. The van der Waals surface area contributed by atoms with Crippen molar-refractivity contribution in [2.45, 2.75) is 13.0 Å². The minimum absolute atomic E-state index is 0.376. The molecule has 2 N–H and O–H groups in total. The Labute approximate surface area is 167 Å². The Kier molecular flexibility index (Phi) is 8.18. The van der Waals surface area contributed by atoms with Gasteiger partial charge < -0.3 is 14.3 Å². The lowest BCUT2D eigenvalue weighted by molar-refractivity contribution is -0.159. The summed E-state index contributed by atoms with van der Waals surface area (Å²) in [5.74, 6) is -1.26. The van der Waals surface area contributed by atoms with Crippen LogP contribution in [-0.2, 0) is 19.2 Å². The van der Waals surface area contributed by atoms with Crippen molar-refractivity contribution in [1.29, 1.82) is 0 Å². The Morgan fingerprint density at radius 2 is 1.72 bits per heavy atom. The van der Waals surface area contributed by atoms with Crippen molar-refractivity contribution in [3.8, 4) is 5.75 Å². The zero-order valence-corrected chi connectivity index (χ0v) is 16.0. The molecule has 0 bridgehead atoms. The summed E-state index contributed by atoms with van der Waals surface area (Å²) in [7, 11) is 1.57. The minimum atomic E-state index is -1.13. The summed E-state index contributed by atoms with van der Waals surface area (Å²) in [6.07, 6.45) is 0.287. The van der Waals surface area contributed by atoms with Crippen LogP contribution in [0.2, 0.25) is 0 Å². The van der Waals surface area contributed by atoms with Crippen molar-refractivity contribution in [1.82, 2.24) is 10.9 Å². The van der Waals surface area contributed by atoms with Crippen molar-refractivity contribution in [3.05, 3.63) is 65.7 Å². The summed E-state index contributed by atoms with van der Waals surface area (Å²) >= 11 is 0. The van der Waals surface area contributed by atoms with Crippen molar-refractivity contribution < 1.29 is 28.7 Å². The molecule has 0 fully saturated rings. The highest BCUT2D eigenvalue weighted by Gasteiger charge is 2.18. The van der Waals surface area contributed by atoms with Crippen molar-refractivity contribution in [2.75, 3.05) is 13.7 Å². The van der Waals surface area contributed by atoms with Gasteiger partial charge >= 0.3 is 5.97 Å². The molecule has 0 aliphatic rings. The van der Waals surface area contributed by atoms with Crippen LogP contribution < -0.4 is 15.6 Å². The number of hydrogen-bond acceptors (Lipinski definition) is 7. The van der Waals surface area contributed by atoms with E-state index in [1.807, 2.05) is 0 Å². The molecule has 2 aromatic carbocycles. The predicted octanol–water partition coefficient (Wildman–Crippen LogP) is 1.44. The van der Waals surface area contributed by atoms with Crippen molar-refractivity contribution >= 4 is 24.0 Å². The lowest BCUT2D eigenvalue weighted by Gasteiger charge is -2.13. The third-order valence-corrected chi connectivity index (χ3v) is 3.59. The zero-order valence-electron chi connectivity index (χ0n) is 16.0. The number of carbonyl (C=O) groups excluding carboxylic acids is 3. The maximum atomic E-state index is 11.9. The smallest absolute Gasteiger partial charge is 0.347 e. The summed E-state index contributed by atoms with van der Waals surface area (Å²) < 4.78 is 9.96. The fraction of sp³-hybridized carbons (Fsp3) is 0.200. The zero-order chi connectivity index (χ0) is 21.1. The normalized spacial score (nSPS) is 11.4. The minimum Gasteiger partial charge on any atom is -0.497 e. The number of esters is 1. The average molecular weight is 399 g/mol. The highest BCUT2D eigenvalue weighted by atomic mass is 16.7. The van der Waals surface area contributed by atoms with Crippen LogP contribution in [0.5, 0.6) is 5.75 Å². The molecule has 0 spiro atoms. The molecule has 0 aliphatic carbocycles. The van der Waals surface area contributed by atoms with Crippen molar-refractivity contribution in [3.63, 3.8) is 0 Å². The van der Waals surface area contributed by atoms with Crippen LogP contribution in [0.3, 0.4) is 0 Å². The van der Waals surface area contributed by atoms with Gasteiger partial charge in [-0.2, -0.15) is 0 Å². The number of nitrogens with one attached hydrogen (secondary N) is 2. The van der Waals surface area contributed by atoms with E-state index in [-0.39, 0.29) is 0 Å². The van der Waals surface area contributed by atoms with Gasteiger partial charge in [0.25, 0.3) is 11.8 Å². The lowest BCUT2D eigenvalue weighted by atomic mass is 10.2. The molecule has 0 unspecified atom stereocenters. The third-order valence-electron chi connectivity index (χ3n) is 3.59. The summed E-state index contributed by atoms with van der Waals surface area (Å²) in [6, 6.07) is 15.4. The van der Waals surface area contributed by atoms with E-state index in [0.717, 1.165) is 5.56 Å². The van der Waals surface area contributed by atoms with Crippen LogP contribution in [0.1, 0.15) is 22.8 Å². The third kappa shape index (κ3) is 7.33. The van der Waals surface area contributed by atoms with Gasteiger partial charge in [0.15, 0.2) is 6.10 Å². The first-order chi connectivity index (χ1) is 14.0. The second kappa shape index (κ2) is 11.1. The Bertz CT molecular complexity index is 852. The highest BCUT2D eigenvalue weighted by Crippen LogP contribution is 2.09. The fourth-order valence-electron chi connectivity index (χ4n) is 2.04. The van der Waals surface area contributed by atoms with Gasteiger partial charge in [-0.05, 0) is 48.9 Å². The Balaban J connectivity index is 1.68. The standard InChI is InChI=1S/C20H21N3O6/c1-14(19(25)22-23-20(26)16-6-4-3-5-7-16)29-18(24)13-28-21-12-15-8-10-17(27-2)11-9-15/h3-12,14H,13H2,1-2H3,(H,22,25)(H,23,26)/b21-12-/t14-/m1/s1. The first kappa shape index (κ1) is 21.4. The first-order valence-corrected chi connectivity index (χ1v) is 8.63. The Morgan fingerprint density at radius 1 is 1.03 bits per heavy atom. The van der Waals surface area contributed by atoms with Gasteiger partial charge in [0, 0.05) is 5.56 Å². The van der Waals surface area contributed by atoms with Crippen molar-refractivity contribution in [2.24, 2.45) is 5.16 Å². The predicted molar refractivity (Wildman–Crippen MR) is 104 cm³/mol. The molecule has 0 saturated heterocycles. The maximum absolute atomic E-state index is 11.9. The molecule has 2 aromatic rings. The number of methoxy groups -OCH3 is 1. The van der Waals surface area contributed by atoms with Gasteiger partial charge in [0.2, 0.25) is 6.61 Å². The van der Waals surface area contributed by atoms with E-state index in [0.29, 0.717) is 11.3 Å². The maximum Gasteiger partial charge on any atom is 0.347 e. The van der Waals surface area contributed by atoms with E-state index in [4.69, 9.17) is 14.3 Å². The average Bonchev–Trinajstić information content (AvgIpc) is 2.75. The number of hydrogen-bond donors (Lipinski definition) is 2. The molecule has 0 radical (unpaired) electrons. The van der Waals surface area contributed by atoms with E-state index in [1.54, 1.807) is 61.7 Å². The number of amides is 2. The molecule has 152 valence electrons. The summed E-state index contributed by atoms with van der Waals surface area (Å²) in [4.78, 5) is 40.3. The summed E-state index contributed by atoms with van der Waals surface area (Å²) in [5.41, 5.74) is 5.55. The van der Waals surface area contributed by atoms with Gasteiger partial charge in [-0.1, -0.05) is 23.4 Å². The molecule has 0 saturated carbocycles. The van der Waals surface area contributed by atoms with E-state index in [9.17, 15) is 14.4 Å². The number of benzene rings is 2. The second-order valence-electron chi connectivity index (χ2n) is 5.72. The lowest BCUT2D eigenvalue weighted by Crippen LogP contribution is -2.46. The number of ether oxygens (including phenoxy) is 2. The van der Waals surface area contributed by atoms with Crippen LogP contribution in [0, 0.1) is 0 Å². The Morgan fingerprint density at radius 3 is 2.38 bits per heavy atom. The largest absolute Gasteiger partial charge is 0.497 e. The van der Waals surface area contributed by atoms with E-state index in [2.05, 4.69) is 16.0 Å². The molecule has 2 amide bonds. The number of nitrogens with zero attached hydrogens (tertiary/aromatic N) is 1. The molecule has 9 nitrogen and oxygen atoms in total. The number of carbonyl (C=O) groups is 3.